The van der Waals surface area contributed by atoms with Crippen LogP contribution in [0.4, 0.5) is 4.39 Å². The summed E-state index contributed by atoms with van der Waals surface area (Å²) in [7, 11) is 0. The first-order valence-corrected chi connectivity index (χ1v) is 10.8. The van der Waals surface area contributed by atoms with Crippen molar-refractivity contribution in [1.82, 2.24) is 20.4 Å². The van der Waals surface area contributed by atoms with Crippen molar-refractivity contribution in [2.24, 2.45) is 11.7 Å². The average molecular weight is 474 g/mol. The molecular weight excluding hydrogens is 449 g/mol. The number of nitrogens with zero attached hydrogens (tertiary/aromatic N) is 2. The van der Waals surface area contributed by atoms with Crippen molar-refractivity contribution in [2.75, 3.05) is 0 Å². The molecular formula is C23H25ClFN5O3. The van der Waals surface area contributed by atoms with Crippen molar-refractivity contribution in [1.29, 1.82) is 0 Å². The highest BCUT2D eigenvalue weighted by Crippen LogP contribution is 2.19. The van der Waals surface area contributed by atoms with E-state index in [4.69, 9.17) is 17.3 Å². The minimum absolute atomic E-state index is 0.0319. The van der Waals surface area contributed by atoms with Crippen LogP contribution in [0.25, 0.3) is 10.9 Å². The number of nitrogens with two attached hydrogens (primary N) is 1. The summed E-state index contributed by atoms with van der Waals surface area (Å²) in [6.07, 6.45) is 0.377. The Morgan fingerprint density at radius 3 is 2.58 bits per heavy atom. The second kappa shape index (κ2) is 10.4. The third kappa shape index (κ3) is 5.87. The molecule has 0 saturated heterocycles. The monoisotopic (exact) mass is 473 g/mol. The molecule has 1 aromatic heterocycles. The van der Waals surface area contributed by atoms with Crippen LogP contribution in [-0.2, 0) is 22.7 Å². The Labute approximate surface area is 195 Å². The maximum Gasteiger partial charge on any atom is 0.269 e. The second-order valence-corrected chi connectivity index (χ2v) is 8.48. The van der Waals surface area contributed by atoms with E-state index in [1.807, 2.05) is 13.8 Å². The van der Waals surface area contributed by atoms with Crippen molar-refractivity contribution in [3.8, 4) is 0 Å². The zero-order chi connectivity index (χ0) is 24.1. The number of carbonyl (C=O) groups is 3. The van der Waals surface area contributed by atoms with Gasteiger partial charge in [0, 0.05) is 17.5 Å². The van der Waals surface area contributed by atoms with E-state index in [0.29, 0.717) is 17.3 Å². The van der Waals surface area contributed by atoms with Crippen molar-refractivity contribution >= 4 is 40.2 Å². The molecule has 1 atom stereocenters. The Hall–Kier alpha value is -3.46. The predicted octanol–water partition coefficient (Wildman–Crippen LogP) is 2.78. The van der Waals surface area contributed by atoms with E-state index in [1.54, 1.807) is 30.3 Å². The number of para-hydroxylation sites is 1. The topological polar surface area (TPSA) is 119 Å². The van der Waals surface area contributed by atoms with Gasteiger partial charge in [0.2, 0.25) is 11.8 Å². The van der Waals surface area contributed by atoms with Gasteiger partial charge < -0.3 is 16.4 Å². The van der Waals surface area contributed by atoms with Crippen molar-refractivity contribution in [3.05, 3.63) is 64.6 Å². The maximum atomic E-state index is 14.1. The van der Waals surface area contributed by atoms with E-state index in [2.05, 4.69) is 15.7 Å². The molecule has 0 bridgehead atoms. The van der Waals surface area contributed by atoms with E-state index in [-0.39, 0.29) is 35.3 Å². The van der Waals surface area contributed by atoms with Gasteiger partial charge in [-0.15, -0.1) is 0 Å². The molecule has 33 heavy (non-hydrogen) atoms. The first kappa shape index (κ1) is 24.2. The maximum absolute atomic E-state index is 14.1. The van der Waals surface area contributed by atoms with Crippen LogP contribution in [0.3, 0.4) is 0 Å². The van der Waals surface area contributed by atoms with E-state index >= 15 is 0 Å². The molecule has 0 aliphatic rings. The highest BCUT2D eigenvalue weighted by molar-refractivity contribution is 6.30. The first-order valence-electron chi connectivity index (χ1n) is 10.4. The molecule has 3 aromatic rings. The number of aromatic nitrogens is 2. The van der Waals surface area contributed by atoms with Gasteiger partial charge in [-0.05, 0) is 24.5 Å². The van der Waals surface area contributed by atoms with Crippen LogP contribution in [0.2, 0.25) is 5.02 Å². The molecule has 0 aliphatic heterocycles. The van der Waals surface area contributed by atoms with Gasteiger partial charge in [0.1, 0.15) is 18.4 Å². The lowest BCUT2D eigenvalue weighted by atomic mass is 10.0. The molecule has 3 amide bonds. The quantitative estimate of drug-likeness (QED) is 0.442. The predicted molar refractivity (Wildman–Crippen MR) is 123 cm³/mol. The summed E-state index contributed by atoms with van der Waals surface area (Å²) in [6.45, 7) is 3.56. The minimum Gasteiger partial charge on any atom is -0.364 e. The molecule has 174 valence electrons. The van der Waals surface area contributed by atoms with Crippen LogP contribution >= 0.6 is 11.6 Å². The number of hydrogen-bond donors (Lipinski definition) is 3. The highest BCUT2D eigenvalue weighted by Gasteiger charge is 2.23. The van der Waals surface area contributed by atoms with E-state index in [9.17, 15) is 18.8 Å². The summed E-state index contributed by atoms with van der Waals surface area (Å²) < 4.78 is 15.5. The van der Waals surface area contributed by atoms with Gasteiger partial charge in [0.05, 0.1) is 10.5 Å². The Balaban J connectivity index is 1.72. The summed E-state index contributed by atoms with van der Waals surface area (Å²) in [5.74, 6) is -2.10. The van der Waals surface area contributed by atoms with Gasteiger partial charge in [-0.25, -0.2) is 4.39 Å². The van der Waals surface area contributed by atoms with Crippen molar-refractivity contribution in [2.45, 2.75) is 39.4 Å². The normalized spacial score (nSPS) is 12.0. The fourth-order valence-electron chi connectivity index (χ4n) is 3.50. The lowest BCUT2D eigenvalue weighted by molar-refractivity contribution is -0.129. The number of hydrogen-bond acceptors (Lipinski definition) is 4. The number of rotatable bonds is 9. The van der Waals surface area contributed by atoms with Gasteiger partial charge in [0.25, 0.3) is 5.91 Å². The number of primary amides is 1. The Morgan fingerprint density at radius 2 is 1.88 bits per heavy atom. The lowest BCUT2D eigenvalue weighted by Crippen LogP contribution is -2.48. The van der Waals surface area contributed by atoms with Crippen molar-refractivity contribution in [3.63, 3.8) is 0 Å². The van der Waals surface area contributed by atoms with Gasteiger partial charge in [-0.3, -0.25) is 19.1 Å². The van der Waals surface area contributed by atoms with Crippen LogP contribution < -0.4 is 16.4 Å². The largest absolute Gasteiger partial charge is 0.364 e. The van der Waals surface area contributed by atoms with E-state index < -0.39 is 29.6 Å². The zero-order valence-electron chi connectivity index (χ0n) is 18.3. The minimum atomic E-state index is -0.836. The molecule has 0 aliphatic carbocycles. The molecule has 10 heteroatoms. The van der Waals surface area contributed by atoms with E-state index in [1.165, 1.54) is 16.8 Å². The number of amides is 3. The lowest BCUT2D eigenvalue weighted by Gasteiger charge is -2.20. The van der Waals surface area contributed by atoms with Gasteiger partial charge in [0.15, 0.2) is 5.69 Å². The first-order chi connectivity index (χ1) is 15.7. The smallest absolute Gasteiger partial charge is 0.269 e. The molecule has 0 fully saturated rings. The average Bonchev–Trinajstić information content (AvgIpc) is 3.12. The molecule has 3 rings (SSSR count). The number of fused-ring (bicyclic) bond motifs is 1. The molecule has 0 saturated carbocycles. The van der Waals surface area contributed by atoms with Crippen LogP contribution in [-0.4, -0.2) is 33.5 Å². The summed E-state index contributed by atoms with van der Waals surface area (Å²) in [6, 6.07) is 10.6. The highest BCUT2D eigenvalue weighted by atomic mass is 35.5. The molecule has 4 N–H and O–H groups in total. The SMILES string of the molecule is CC(C)CC(NC(=O)Cn1nc(C(N)=O)c2ccccc21)C(=O)NCc1cccc(Cl)c1F. The molecule has 8 nitrogen and oxygen atoms in total. The number of nitrogens with one attached hydrogen (secondary N) is 2. The molecule has 1 heterocycles. The summed E-state index contributed by atoms with van der Waals surface area (Å²) >= 11 is 5.79. The number of carbonyl (C=O) groups excluding carboxylic acids is 3. The standard InChI is InChI=1S/C23H25ClFN5O3/c1-13(2)10-17(23(33)27-11-14-6-5-8-16(24)20(14)25)28-19(31)12-30-18-9-4-3-7-15(18)21(29-30)22(26)32/h3-9,13,17H,10-12H2,1-2H3,(H2,26,32)(H,27,33)(H,28,31). The van der Waals surface area contributed by atoms with Gasteiger partial charge in [-0.1, -0.05) is 55.8 Å². The second-order valence-electron chi connectivity index (χ2n) is 8.07. The molecule has 0 radical (unpaired) electrons. The Morgan fingerprint density at radius 1 is 1.15 bits per heavy atom. The molecule has 1 unspecified atom stereocenters. The summed E-state index contributed by atoms with van der Waals surface area (Å²) in [4.78, 5) is 37.2. The van der Waals surface area contributed by atoms with Crippen molar-refractivity contribution < 1.29 is 18.8 Å². The van der Waals surface area contributed by atoms with Gasteiger partial charge >= 0.3 is 0 Å². The molecule has 2 aromatic carbocycles. The fraction of sp³-hybridized carbons (Fsp3) is 0.304. The molecule has 0 spiro atoms. The van der Waals surface area contributed by atoms with Crippen LogP contribution in [0.15, 0.2) is 42.5 Å². The Kier molecular flexibility index (Phi) is 7.65. The van der Waals surface area contributed by atoms with Crippen LogP contribution in [0.5, 0.6) is 0 Å². The van der Waals surface area contributed by atoms with Gasteiger partial charge in [-0.2, -0.15) is 5.10 Å². The van der Waals surface area contributed by atoms with Crippen LogP contribution in [0.1, 0.15) is 36.3 Å². The number of benzene rings is 2. The number of halogens is 2. The third-order valence-electron chi connectivity index (χ3n) is 5.03. The van der Waals surface area contributed by atoms with E-state index in [0.717, 1.165) is 0 Å². The summed E-state index contributed by atoms with van der Waals surface area (Å²) in [5.41, 5.74) is 6.28. The van der Waals surface area contributed by atoms with Crippen LogP contribution in [0, 0.1) is 11.7 Å². The third-order valence-corrected chi connectivity index (χ3v) is 5.32. The Bertz CT molecular complexity index is 1190. The fourth-order valence-corrected chi connectivity index (χ4v) is 3.69. The zero-order valence-corrected chi connectivity index (χ0v) is 19.0. The summed E-state index contributed by atoms with van der Waals surface area (Å²) in [5, 5.41) is 10.0.